The molecule has 3 heteroatoms. The average molecular weight is 228 g/mol. The molecule has 0 radical (unpaired) electrons. The van der Waals surface area contributed by atoms with Crippen molar-refractivity contribution in [1.82, 2.24) is 5.32 Å². The lowest BCUT2D eigenvalue weighted by atomic mass is 10.2. The number of aliphatic imine (C=N–C) groups is 1. The number of hydrogen-bond donors (Lipinski definition) is 1. The Morgan fingerprint density at radius 2 is 2.13 bits per heavy atom. The number of unbranched alkanes of at least 4 members (excludes halogenated alkanes) is 3. The van der Waals surface area contributed by atoms with E-state index in [1.807, 2.05) is 11.8 Å². The molecule has 0 aliphatic carbocycles. The van der Waals surface area contributed by atoms with E-state index in [-0.39, 0.29) is 0 Å². The Labute approximate surface area is 98.3 Å². The summed E-state index contributed by atoms with van der Waals surface area (Å²) in [6, 6.07) is 0. The van der Waals surface area contributed by atoms with Crippen molar-refractivity contribution in [3.05, 3.63) is 0 Å². The molecular formula is C12H24N2S. The first-order valence-electron chi connectivity index (χ1n) is 6.31. The van der Waals surface area contributed by atoms with Gasteiger partial charge in [-0.15, -0.1) is 0 Å². The summed E-state index contributed by atoms with van der Waals surface area (Å²) < 4.78 is 0. The first-order chi connectivity index (χ1) is 7.36. The van der Waals surface area contributed by atoms with Crippen LogP contribution in [0.4, 0.5) is 0 Å². The Hall–Kier alpha value is -0.180. The molecule has 1 heterocycles. The fourth-order valence-electron chi connectivity index (χ4n) is 1.73. The molecule has 1 aliphatic heterocycles. The van der Waals surface area contributed by atoms with Gasteiger partial charge in [-0.1, -0.05) is 51.3 Å². The Bertz CT molecular complexity index is 192. The number of rotatable bonds is 7. The van der Waals surface area contributed by atoms with Crippen LogP contribution in [0.1, 0.15) is 52.4 Å². The van der Waals surface area contributed by atoms with Crippen molar-refractivity contribution in [3.63, 3.8) is 0 Å². The van der Waals surface area contributed by atoms with Gasteiger partial charge in [-0.05, 0) is 12.8 Å². The smallest absolute Gasteiger partial charge is 0.156 e. The van der Waals surface area contributed by atoms with Gasteiger partial charge in [0, 0.05) is 11.8 Å². The summed E-state index contributed by atoms with van der Waals surface area (Å²) in [5, 5.41) is 5.37. The largest absolute Gasteiger partial charge is 0.365 e. The van der Waals surface area contributed by atoms with Crippen LogP contribution in [0.5, 0.6) is 0 Å². The highest BCUT2D eigenvalue weighted by atomic mass is 32.2. The maximum absolute atomic E-state index is 4.52. The topological polar surface area (TPSA) is 24.4 Å². The number of nitrogens with one attached hydrogen (secondary N) is 1. The molecule has 15 heavy (non-hydrogen) atoms. The van der Waals surface area contributed by atoms with Crippen molar-refractivity contribution < 1.29 is 0 Å². The molecule has 0 spiro atoms. The van der Waals surface area contributed by atoms with E-state index in [2.05, 4.69) is 24.2 Å². The Balaban J connectivity index is 1.98. The van der Waals surface area contributed by atoms with Gasteiger partial charge in [-0.2, -0.15) is 0 Å². The van der Waals surface area contributed by atoms with E-state index in [0.717, 1.165) is 18.3 Å². The first kappa shape index (κ1) is 12.9. The van der Waals surface area contributed by atoms with E-state index in [0.29, 0.717) is 0 Å². The van der Waals surface area contributed by atoms with Gasteiger partial charge in [0.05, 0.1) is 6.54 Å². The van der Waals surface area contributed by atoms with E-state index in [4.69, 9.17) is 0 Å². The molecular weight excluding hydrogens is 204 g/mol. The van der Waals surface area contributed by atoms with Crippen LogP contribution in [0.25, 0.3) is 0 Å². The van der Waals surface area contributed by atoms with Crippen molar-refractivity contribution in [2.45, 2.75) is 57.6 Å². The van der Waals surface area contributed by atoms with Crippen molar-refractivity contribution in [3.8, 4) is 0 Å². The fraction of sp³-hybridized carbons (Fsp3) is 0.917. The van der Waals surface area contributed by atoms with Crippen molar-refractivity contribution >= 4 is 16.9 Å². The quantitative estimate of drug-likeness (QED) is 0.675. The van der Waals surface area contributed by atoms with Crippen LogP contribution in [0.2, 0.25) is 0 Å². The number of thioether (sulfide) groups is 1. The molecule has 1 atom stereocenters. The van der Waals surface area contributed by atoms with Crippen LogP contribution in [0.15, 0.2) is 4.99 Å². The molecule has 1 unspecified atom stereocenters. The number of amidine groups is 1. The summed E-state index contributed by atoms with van der Waals surface area (Å²) in [6.45, 7) is 6.62. The highest BCUT2D eigenvalue weighted by molar-refractivity contribution is 8.14. The van der Waals surface area contributed by atoms with Crippen LogP contribution < -0.4 is 5.32 Å². The second-order valence-electron chi connectivity index (χ2n) is 4.16. The van der Waals surface area contributed by atoms with Crippen molar-refractivity contribution in [2.24, 2.45) is 4.99 Å². The molecule has 0 fully saturated rings. The van der Waals surface area contributed by atoms with Crippen LogP contribution in [-0.2, 0) is 0 Å². The SMILES string of the molecule is CCCCCCNC1=NCC(CCC)S1. The number of hydrogen-bond acceptors (Lipinski definition) is 3. The summed E-state index contributed by atoms with van der Waals surface area (Å²) in [4.78, 5) is 4.52. The Morgan fingerprint density at radius 3 is 2.87 bits per heavy atom. The Kier molecular flexibility index (Phi) is 6.90. The van der Waals surface area contributed by atoms with Gasteiger partial charge in [0.25, 0.3) is 0 Å². The van der Waals surface area contributed by atoms with Crippen molar-refractivity contribution in [2.75, 3.05) is 13.1 Å². The van der Waals surface area contributed by atoms with Gasteiger partial charge in [0.15, 0.2) is 5.17 Å². The van der Waals surface area contributed by atoms with E-state index >= 15 is 0 Å². The monoisotopic (exact) mass is 228 g/mol. The predicted octanol–water partition coefficient (Wildman–Crippen LogP) is 3.43. The Morgan fingerprint density at radius 1 is 1.27 bits per heavy atom. The molecule has 1 aliphatic rings. The summed E-state index contributed by atoms with van der Waals surface area (Å²) in [6.07, 6.45) is 7.88. The van der Waals surface area contributed by atoms with Gasteiger partial charge in [0.2, 0.25) is 0 Å². The average Bonchev–Trinajstić information content (AvgIpc) is 2.66. The molecule has 1 N–H and O–H groups in total. The lowest BCUT2D eigenvalue weighted by Crippen LogP contribution is -2.20. The highest BCUT2D eigenvalue weighted by Crippen LogP contribution is 2.23. The molecule has 1 rings (SSSR count). The van der Waals surface area contributed by atoms with E-state index < -0.39 is 0 Å². The second kappa shape index (κ2) is 8.03. The zero-order chi connectivity index (χ0) is 10.9. The van der Waals surface area contributed by atoms with Gasteiger partial charge in [-0.3, -0.25) is 4.99 Å². The predicted molar refractivity (Wildman–Crippen MR) is 70.7 cm³/mol. The van der Waals surface area contributed by atoms with E-state index in [1.54, 1.807) is 0 Å². The minimum absolute atomic E-state index is 0.744. The molecule has 0 amide bonds. The summed E-state index contributed by atoms with van der Waals surface area (Å²) in [7, 11) is 0. The summed E-state index contributed by atoms with van der Waals surface area (Å²) in [5.41, 5.74) is 0. The van der Waals surface area contributed by atoms with Crippen LogP contribution in [0, 0.1) is 0 Å². The van der Waals surface area contributed by atoms with E-state index in [1.165, 1.54) is 43.7 Å². The first-order valence-corrected chi connectivity index (χ1v) is 7.19. The van der Waals surface area contributed by atoms with Crippen LogP contribution >= 0.6 is 11.8 Å². The molecule has 0 bridgehead atoms. The maximum atomic E-state index is 4.52. The molecule has 0 saturated heterocycles. The maximum Gasteiger partial charge on any atom is 0.156 e. The van der Waals surface area contributed by atoms with Gasteiger partial charge >= 0.3 is 0 Å². The number of nitrogens with zero attached hydrogens (tertiary/aromatic N) is 1. The fourth-order valence-corrected chi connectivity index (χ4v) is 2.89. The summed E-state index contributed by atoms with van der Waals surface area (Å²) in [5.74, 6) is 0. The lowest BCUT2D eigenvalue weighted by molar-refractivity contribution is 0.655. The molecule has 0 aromatic carbocycles. The molecule has 0 saturated carbocycles. The van der Waals surface area contributed by atoms with Gasteiger partial charge in [0.1, 0.15) is 0 Å². The molecule has 88 valence electrons. The second-order valence-corrected chi connectivity index (χ2v) is 5.45. The minimum atomic E-state index is 0.744. The van der Waals surface area contributed by atoms with Gasteiger partial charge < -0.3 is 5.32 Å². The minimum Gasteiger partial charge on any atom is -0.365 e. The van der Waals surface area contributed by atoms with E-state index in [9.17, 15) is 0 Å². The third-order valence-electron chi connectivity index (χ3n) is 2.63. The molecule has 0 aromatic rings. The third kappa shape index (κ3) is 5.45. The lowest BCUT2D eigenvalue weighted by Gasteiger charge is -2.07. The zero-order valence-corrected chi connectivity index (χ0v) is 10.9. The van der Waals surface area contributed by atoms with Crippen LogP contribution in [-0.4, -0.2) is 23.5 Å². The molecule has 0 aromatic heterocycles. The van der Waals surface area contributed by atoms with Crippen molar-refractivity contribution in [1.29, 1.82) is 0 Å². The van der Waals surface area contributed by atoms with Crippen LogP contribution in [0.3, 0.4) is 0 Å². The normalized spacial score (nSPS) is 20.4. The van der Waals surface area contributed by atoms with Gasteiger partial charge in [-0.25, -0.2) is 0 Å². The summed E-state index contributed by atoms with van der Waals surface area (Å²) >= 11 is 1.94. The zero-order valence-electron chi connectivity index (χ0n) is 10.1. The molecule has 2 nitrogen and oxygen atoms in total. The highest BCUT2D eigenvalue weighted by Gasteiger charge is 2.17. The standard InChI is InChI=1S/C12H24N2S/c1-3-5-6-7-9-13-12-14-10-11(15-12)8-4-2/h11H,3-10H2,1-2H3,(H,13,14). The third-order valence-corrected chi connectivity index (χ3v) is 3.85.